The number of fused-ring (bicyclic) bond motifs is 2. The van der Waals surface area contributed by atoms with Gasteiger partial charge >= 0.3 is 5.76 Å². The first kappa shape index (κ1) is 20.2. The molecule has 0 aliphatic heterocycles. The van der Waals surface area contributed by atoms with Gasteiger partial charge in [0.05, 0.1) is 5.52 Å². The van der Waals surface area contributed by atoms with E-state index in [1.165, 1.54) is 4.57 Å². The van der Waals surface area contributed by atoms with Gasteiger partial charge in [-0.15, -0.1) is 0 Å². The van der Waals surface area contributed by atoms with Crippen molar-refractivity contribution in [1.82, 2.24) is 9.88 Å². The quantitative estimate of drug-likeness (QED) is 0.384. The minimum atomic E-state index is -0.521. The van der Waals surface area contributed by atoms with E-state index in [-0.39, 0.29) is 18.9 Å². The summed E-state index contributed by atoms with van der Waals surface area (Å²) in [5, 5.41) is 4.49. The van der Waals surface area contributed by atoms with E-state index in [0.29, 0.717) is 21.9 Å². The number of rotatable bonds is 6. The van der Waals surface area contributed by atoms with Gasteiger partial charge in [0.25, 0.3) is 0 Å². The fraction of sp³-hybridized carbons (Fsp3) is 0.120. The third kappa shape index (κ3) is 3.92. The summed E-state index contributed by atoms with van der Waals surface area (Å²) in [5.41, 5.74) is 2.66. The number of amides is 1. The second-order valence-corrected chi connectivity index (χ2v) is 7.92. The molecule has 7 heteroatoms. The summed E-state index contributed by atoms with van der Waals surface area (Å²) in [7, 11) is 0. The molecule has 3 aromatic carbocycles. The molecular weight excluding hydrogens is 428 g/mol. The molecule has 0 spiro atoms. The summed E-state index contributed by atoms with van der Waals surface area (Å²) < 4.78 is 12.7. The van der Waals surface area contributed by atoms with Crippen LogP contribution >= 0.6 is 11.6 Å². The van der Waals surface area contributed by atoms with Crippen LogP contribution in [0.4, 0.5) is 0 Å². The Bertz CT molecular complexity index is 1430. The Morgan fingerprint density at radius 3 is 2.53 bits per heavy atom. The Hall–Kier alpha value is -3.77. The van der Waals surface area contributed by atoms with Gasteiger partial charge in [0, 0.05) is 29.4 Å². The van der Waals surface area contributed by atoms with Gasteiger partial charge in [0.1, 0.15) is 17.4 Å². The van der Waals surface area contributed by atoms with E-state index < -0.39 is 11.8 Å². The Morgan fingerprint density at radius 2 is 1.72 bits per heavy atom. The zero-order valence-corrected chi connectivity index (χ0v) is 17.7. The number of carbonyl (C=O) groups excluding carboxylic acids is 1. The lowest BCUT2D eigenvalue weighted by molar-refractivity contribution is -0.121. The van der Waals surface area contributed by atoms with E-state index >= 15 is 0 Å². The molecule has 0 saturated heterocycles. The molecule has 1 atom stereocenters. The van der Waals surface area contributed by atoms with Crippen LogP contribution in [0.15, 0.2) is 92.5 Å². The highest BCUT2D eigenvalue weighted by Gasteiger charge is 2.21. The van der Waals surface area contributed by atoms with Crippen molar-refractivity contribution < 1.29 is 13.6 Å². The van der Waals surface area contributed by atoms with Gasteiger partial charge in [-0.3, -0.25) is 9.36 Å². The number of nitrogens with zero attached hydrogens (tertiary/aromatic N) is 1. The molecule has 0 bridgehead atoms. The Morgan fingerprint density at radius 1 is 0.938 bits per heavy atom. The van der Waals surface area contributed by atoms with Crippen LogP contribution in [0, 0.1) is 0 Å². The predicted octanol–water partition coefficient (Wildman–Crippen LogP) is 5.29. The van der Waals surface area contributed by atoms with E-state index in [1.807, 2.05) is 60.7 Å². The van der Waals surface area contributed by atoms with Gasteiger partial charge in [-0.2, -0.15) is 0 Å². The molecule has 32 heavy (non-hydrogen) atoms. The molecule has 1 amide bonds. The SMILES string of the molecule is O=C(CCn1c(=O)oc2cc(Cl)ccc21)N[C@@H](c1ccccc1)c1cc2ccccc2o1. The number of hydrogen-bond donors (Lipinski definition) is 1. The molecule has 160 valence electrons. The van der Waals surface area contributed by atoms with E-state index in [2.05, 4.69) is 5.32 Å². The summed E-state index contributed by atoms with van der Waals surface area (Å²) in [6.07, 6.45) is 0.0979. The maximum absolute atomic E-state index is 12.9. The van der Waals surface area contributed by atoms with E-state index in [0.717, 1.165) is 16.5 Å². The van der Waals surface area contributed by atoms with Crippen molar-refractivity contribution in [1.29, 1.82) is 0 Å². The molecule has 0 fully saturated rings. The topological polar surface area (TPSA) is 77.4 Å². The first-order valence-corrected chi connectivity index (χ1v) is 10.6. The number of furan rings is 1. The van der Waals surface area contributed by atoms with Crippen molar-refractivity contribution in [3.05, 3.63) is 106 Å². The third-order valence-electron chi connectivity index (χ3n) is 5.36. The standard InChI is InChI=1S/C25H19ClN2O4/c26-18-10-11-19-21(15-18)32-25(30)28(19)13-12-23(29)27-24(16-6-2-1-3-7-16)22-14-17-8-4-5-9-20(17)31-22/h1-11,14-15,24H,12-13H2,(H,27,29)/t24-/m0/s1. The van der Waals surface area contributed by atoms with Gasteiger partial charge in [0.15, 0.2) is 5.58 Å². The molecule has 5 rings (SSSR count). The highest BCUT2D eigenvalue weighted by atomic mass is 35.5. The average molecular weight is 447 g/mol. The Kier molecular flexibility index (Phi) is 5.29. The molecule has 0 radical (unpaired) electrons. The molecule has 1 N–H and O–H groups in total. The number of oxazole rings is 1. The fourth-order valence-corrected chi connectivity index (χ4v) is 3.97. The molecule has 6 nitrogen and oxygen atoms in total. The van der Waals surface area contributed by atoms with Crippen molar-refractivity contribution in [2.24, 2.45) is 0 Å². The fourth-order valence-electron chi connectivity index (χ4n) is 3.81. The number of halogens is 1. The van der Waals surface area contributed by atoms with Gasteiger partial charge < -0.3 is 14.2 Å². The first-order chi connectivity index (χ1) is 15.6. The lowest BCUT2D eigenvalue weighted by atomic mass is 10.0. The molecule has 2 heterocycles. The first-order valence-electron chi connectivity index (χ1n) is 10.2. The van der Waals surface area contributed by atoms with E-state index in [9.17, 15) is 9.59 Å². The normalized spacial score (nSPS) is 12.3. The highest BCUT2D eigenvalue weighted by molar-refractivity contribution is 6.31. The van der Waals surface area contributed by atoms with Crippen molar-refractivity contribution in [2.45, 2.75) is 19.0 Å². The minimum Gasteiger partial charge on any atom is -0.459 e. The summed E-state index contributed by atoms with van der Waals surface area (Å²) in [5.74, 6) is -0.0900. The van der Waals surface area contributed by atoms with Gasteiger partial charge in [-0.05, 0) is 29.8 Å². The number of carbonyl (C=O) groups is 1. The second-order valence-electron chi connectivity index (χ2n) is 7.48. The van der Waals surface area contributed by atoms with E-state index in [4.69, 9.17) is 20.4 Å². The molecule has 0 aliphatic carbocycles. The number of aryl methyl sites for hydroxylation is 1. The summed E-state index contributed by atoms with van der Waals surface area (Å²) >= 11 is 5.97. The maximum Gasteiger partial charge on any atom is 0.419 e. The van der Waals surface area contributed by atoms with Crippen LogP contribution in [-0.2, 0) is 11.3 Å². The summed E-state index contributed by atoms with van der Waals surface area (Å²) in [4.78, 5) is 25.1. The highest BCUT2D eigenvalue weighted by Crippen LogP contribution is 2.28. The molecule has 5 aromatic rings. The summed E-state index contributed by atoms with van der Waals surface area (Å²) in [6.45, 7) is 0.181. The Balaban J connectivity index is 1.39. The van der Waals surface area contributed by atoms with Gasteiger partial charge in [0.2, 0.25) is 5.91 Å². The van der Waals surface area contributed by atoms with Crippen molar-refractivity contribution in [2.75, 3.05) is 0 Å². The molecular formula is C25H19ClN2O4. The maximum atomic E-state index is 12.9. The number of aromatic nitrogens is 1. The average Bonchev–Trinajstić information content (AvgIpc) is 3.36. The monoisotopic (exact) mass is 446 g/mol. The number of hydrogen-bond acceptors (Lipinski definition) is 4. The van der Waals surface area contributed by atoms with Crippen LogP contribution in [0.3, 0.4) is 0 Å². The van der Waals surface area contributed by atoms with Crippen molar-refractivity contribution in [3.8, 4) is 0 Å². The van der Waals surface area contributed by atoms with Crippen molar-refractivity contribution in [3.63, 3.8) is 0 Å². The van der Waals surface area contributed by atoms with Crippen LogP contribution in [0.25, 0.3) is 22.1 Å². The number of para-hydroxylation sites is 1. The second kappa shape index (κ2) is 8.40. The van der Waals surface area contributed by atoms with Crippen molar-refractivity contribution >= 4 is 39.6 Å². The lowest BCUT2D eigenvalue weighted by Crippen LogP contribution is -2.30. The number of nitrogens with one attached hydrogen (secondary N) is 1. The van der Waals surface area contributed by atoms with Crippen LogP contribution in [0.1, 0.15) is 23.8 Å². The number of benzene rings is 3. The van der Waals surface area contributed by atoms with Crippen LogP contribution in [0.5, 0.6) is 0 Å². The van der Waals surface area contributed by atoms with E-state index in [1.54, 1.807) is 18.2 Å². The molecule has 0 aliphatic rings. The van der Waals surface area contributed by atoms with Crippen LogP contribution in [-0.4, -0.2) is 10.5 Å². The molecule has 0 unspecified atom stereocenters. The molecule has 2 aromatic heterocycles. The lowest BCUT2D eigenvalue weighted by Gasteiger charge is -2.17. The van der Waals surface area contributed by atoms with Crippen LogP contribution < -0.4 is 11.1 Å². The zero-order valence-electron chi connectivity index (χ0n) is 17.0. The van der Waals surface area contributed by atoms with Gasteiger partial charge in [-0.25, -0.2) is 4.79 Å². The molecule has 0 saturated carbocycles. The summed E-state index contributed by atoms with van der Waals surface area (Å²) in [6, 6.07) is 23.8. The van der Waals surface area contributed by atoms with Crippen LogP contribution in [0.2, 0.25) is 5.02 Å². The minimum absolute atomic E-state index is 0.0979. The predicted molar refractivity (Wildman–Crippen MR) is 123 cm³/mol. The largest absolute Gasteiger partial charge is 0.459 e. The Labute approximate surface area is 188 Å². The smallest absolute Gasteiger partial charge is 0.419 e. The zero-order chi connectivity index (χ0) is 22.1. The third-order valence-corrected chi connectivity index (χ3v) is 5.60. The van der Waals surface area contributed by atoms with Gasteiger partial charge in [-0.1, -0.05) is 60.1 Å².